The van der Waals surface area contributed by atoms with Gasteiger partial charge in [0.05, 0.1) is 6.61 Å². The maximum Gasteiger partial charge on any atom is 0.327 e. The third kappa shape index (κ3) is 3.11. The van der Waals surface area contributed by atoms with Gasteiger partial charge in [0.1, 0.15) is 5.54 Å². The first-order valence-electron chi connectivity index (χ1n) is 5.68. The molecule has 88 valence electrons. The van der Waals surface area contributed by atoms with Gasteiger partial charge in [0.2, 0.25) is 0 Å². The van der Waals surface area contributed by atoms with Gasteiger partial charge in [-0.25, -0.2) is 0 Å². The lowest BCUT2D eigenvalue weighted by molar-refractivity contribution is -0.150. The first kappa shape index (κ1) is 12.8. The Hall–Kier alpha value is -0.220. The molecular weight excluding hydrogens is 210 g/mol. The van der Waals surface area contributed by atoms with Crippen LogP contribution in [0.25, 0.3) is 0 Å². The van der Waals surface area contributed by atoms with Crippen molar-refractivity contribution in [3.8, 4) is 0 Å². The molecule has 0 aliphatic carbocycles. The van der Waals surface area contributed by atoms with Crippen LogP contribution in [0.3, 0.4) is 0 Å². The van der Waals surface area contributed by atoms with Crippen molar-refractivity contribution in [2.75, 3.05) is 18.9 Å². The fraction of sp³-hybridized carbons (Fsp3) is 0.909. The van der Waals surface area contributed by atoms with Gasteiger partial charge in [-0.15, -0.1) is 0 Å². The third-order valence-electron chi connectivity index (χ3n) is 2.63. The second kappa shape index (κ2) is 5.75. The van der Waals surface area contributed by atoms with E-state index in [1.54, 1.807) is 0 Å². The average molecular weight is 231 g/mol. The highest BCUT2D eigenvalue weighted by Gasteiger charge is 2.45. The molecule has 0 amide bonds. The Morgan fingerprint density at radius 3 is 2.80 bits per heavy atom. The Bertz CT molecular complexity index is 223. The zero-order valence-electron chi connectivity index (χ0n) is 9.84. The number of nitrogens with one attached hydrogen (secondary N) is 1. The second-order valence-electron chi connectivity index (χ2n) is 4.06. The van der Waals surface area contributed by atoms with E-state index in [2.05, 4.69) is 19.2 Å². The van der Waals surface area contributed by atoms with Crippen LogP contribution in [0, 0.1) is 0 Å². The summed E-state index contributed by atoms with van der Waals surface area (Å²) in [6.07, 6.45) is 1.93. The summed E-state index contributed by atoms with van der Waals surface area (Å²) in [6, 6.07) is 0. The fourth-order valence-electron chi connectivity index (χ4n) is 1.86. The molecule has 1 aliphatic rings. The number of carbonyl (C=O) groups is 1. The maximum absolute atomic E-state index is 11.9. The average Bonchev–Trinajstić information content (AvgIpc) is 2.59. The molecule has 2 atom stereocenters. The van der Waals surface area contributed by atoms with E-state index in [0.717, 1.165) is 25.1 Å². The van der Waals surface area contributed by atoms with Crippen molar-refractivity contribution in [1.82, 2.24) is 5.32 Å². The number of hydrogen-bond acceptors (Lipinski definition) is 4. The van der Waals surface area contributed by atoms with Crippen molar-refractivity contribution in [2.45, 2.75) is 44.4 Å². The second-order valence-corrected chi connectivity index (χ2v) is 5.48. The van der Waals surface area contributed by atoms with Gasteiger partial charge in [-0.2, -0.15) is 11.8 Å². The highest BCUT2D eigenvalue weighted by atomic mass is 32.2. The normalized spacial score (nSPS) is 30.5. The monoisotopic (exact) mass is 231 g/mol. The Balaban J connectivity index is 2.64. The zero-order valence-corrected chi connectivity index (χ0v) is 10.7. The molecule has 1 rings (SSSR count). The smallest absolute Gasteiger partial charge is 0.327 e. The molecule has 3 nitrogen and oxygen atoms in total. The molecule has 0 radical (unpaired) electrons. The lowest BCUT2D eigenvalue weighted by Gasteiger charge is -2.27. The summed E-state index contributed by atoms with van der Waals surface area (Å²) in [5, 5.41) is 3.90. The van der Waals surface area contributed by atoms with Crippen molar-refractivity contribution in [2.24, 2.45) is 0 Å². The summed E-state index contributed by atoms with van der Waals surface area (Å²) in [4.78, 5) is 11.9. The van der Waals surface area contributed by atoms with E-state index >= 15 is 0 Å². The summed E-state index contributed by atoms with van der Waals surface area (Å²) in [7, 11) is 0. The lowest BCUT2D eigenvalue weighted by Crippen LogP contribution is -2.53. The molecule has 1 aliphatic heterocycles. The molecule has 1 N–H and O–H groups in total. The van der Waals surface area contributed by atoms with Gasteiger partial charge in [0.15, 0.2) is 0 Å². The van der Waals surface area contributed by atoms with Gasteiger partial charge in [0, 0.05) is 11.0 Å². The predicted molar refractivity (Wildman–Crippen MR) is 64.2 cm³/mol. The van der Waals surface area contributed by atoms with Crippen LogP contribution in [0.15, 0.2) is 0 Å². The minimum Gasteiger partial charge on any atom is -0.465 e. The van der Waals surface area contributed by atoms with Crippen molar-refractivity contribution >= 4 is 17.7 Å². The minimum absolute atomic E-state index is 0.0738. The molecule has 2 unspecified atom stereocenters. The predicted octanol–water partition coefficient (Wildman–Crippen LogP) is 1.81. The van der Waals surface area contributed by atoms with Crippen molar-refractivity contribution in [3.05, 3.63) is 0 Å². The van der Waals surface area contributed by atoms with E-state index in [-0.39, 0.29) is 5.97 Å². The fourth-order valence-corrected chi connectivity index (χ4v) is 3.17. The van der Waals surface area contributed by atoms with Gasteiger partial charge < -0.3 is 10.1 Å². The summed E-state index contributed by atoms with van der Waals surface area (Å²) in [5.74, 6) is 0.766. The summed E-state index contributed by atoms with van der Waals surface area (Å²) < 4.78 is 5.16. The van der Waals surface area contributed by atoms with E-state index in [1.165, 1.54) is 0 Å². The van der Waals surface area contributed by atoms with Gasteiger partial charge in [-0.3, -0.25) is 4.79 Å². The molecule has 15 heavy (non-hydrogen) atoms. The number of hydrogen-bond donors (Lipinski definition) is 1. The first-order chi connectivity index (χ1) is 7.14. The topological polar surface area (TPSA) is 38.3 Å². The number of rotatable bonds is 5. The molecule has 1 saturated heterocycles. The molecule has 0 saturated carbocycles. The number of esters is 1. The molecule has 0 spiro atoms. The van der Waals surface area contributed by atoms with Crippen LogP contribution in [-0.4, -0.2) is 35.7 Å². The van der Waals surface area contributed by atoms with Crippen LogP contribution in [0.1, 0.15) is 33.6 Å². The summed E-state index contributed by atoms with van der Waals surface area (Å²) in [5.41, 5.74) is -0.421. The van der Waals surface area contributed by atoms with E-state index in [0.29, 0.717) is 11.9 Å². The SMILES string of the molecule is CCCNC1(C(=O)OCC)CSC(C)C1. The van der Waals surface area contributed by atoms with Crippen LogP contribution in [0.4, 0.5) is 0 Å². The van der Waals surface area contributed by atoms with E-state index in [9.17, 15) is 4.79 Å². The van der Waals surface area contributed by atoms with Crippen LogP contribution in [-0.2, 0) is 9.53 Å². The molecular formula is C11H21NO2S. The molecule has 0 bridgehead atoms. The standard InChI is InChI=1S/C11H21NO2S/c1-4-6-12-11(10(13)14-5-2)7-9(3)15-8-11/h9,12H,4-8H2,1-3H3. The molecule has 1 fully saturated rings. The highest BCUT2D eigenvalue weighted by Crippen LogP contribution is 2.35. The summed E-state index contributed by atoms with van der Waals surface area (Å²) >= 11 is 1.85. The minimum atomic E-state index is -0.421. The van der Waals surface area contributed by atoms with Crippen LogP contribution in [0.5, 0.6) is 0 Å². The van der Waals surface area contributed by atoms with E-state index < -0.39 is 5.54 Å². The van der Waals surface area contributed by atoms with E-state index in [4.69, 9.17) is 4.74 Å². The van der Waals surface area contributed by atoms with Crippen molar-refractivity contribution < 1.29 is 9.53 Å². The molecule has 0 aromatic heterocycles. The van der Waals surface area contributed by atoms with Crippen molar-refractivity contribution in [1.29, 1.82) is 0 Å². The molecule has 0 aromatic carbocycles. The number of thioether (sulfide) groups is 1. The van der Waals surface area contributed by atoms with Crippen LogP contribution in [0.2, 0.25) is 0 Å². The Morgan fingerprint density at radius 2 is 2.33 bits per heavy atom. The maximum atomic E-state index is 11.9. The quantitative estimate of drug-likeness (QED) is 0.732. The van der Waals surface area contributed by atoms with Gasteiger partial charge >= 0.3 is 5.97 Å². The summed E-state index contributed by atoms with van der Waals surface area (Å²) in [6.45, 7) is 7.48. The Morgan fingerprint density at radius 1 is 1.60 bits per heavy atom. The number of ether oxygens (including phenoxy) is 1. The largest absolute Gasteiger partial charge is 0.465 e. The Kier molecular flexibility index (Phi) is 4.93. The van der Waals surface area contributed by atoms with Gasteiger partial charge in [-0.05, 0) is 26.3 Å². The highest BCUT2D eigenvalue weighted by molar-refractivity contribution is 8.00. The molecule has 0 aromatic rings. The zero-order chi connectivity index (χ0) is 11.3. The van der Waals surface area contributed by atoms with Crippen LogP contribution < -0.4 is 5.32 Å². The third-order valence-corrected chi connectivity index (χ3v) is 4.02. The Labute approximate surface area is 96.3 Å². The first-order valence-corrected chi connectivity index (χ1v) is 6.73. The molecule has 4 heteroatoms. The van der Waals surface area contributed by atoms with Crippen molar-refractivity contribution in [3.63, 3.8) is 0 Å². The molecule has 1 heterocycles. The van der Waals surface area contributed by atoms with Gasteiger partial charge in [-0.1, -0.05) is 13.8 Å². The number of carbonyl (C=O) groups excluding carboxylic acids is 1. The van der Waals surface area contributed by atoms with E-state index in [1.807, 2.05) is 18.7 Å². The van der Waals surface area contributed by atoms with Gasteiger partial charge in [0.25, 0.3) is 0 Å². The van der Waals surface area contributed by atoms with Crippen LogP contribution >= 0.6 is 11.8 Å². The lowest BCUT2D eigenvalue weighted by atomic mass is 9.96.